The molecule has 2 rings (SSSR count). The number of hydrogen-bond donors (Lipinski definition) is 1. The molecule has 0 radical (unpaired) electrons. The highest BCUT2D eigenvalue weighted by Gasteiger charge is 2.24. The van der Waals surface area contributed by atoms with Gasteiger partial charge in [0.25, 0.3) is 0 Å². The summed E-state index contributed by atoms with van der Waals surface area (Å²) >= 11 is 1.92. The second-order valence-electron chi connectivity index (χ2n) is 4.89. The molecule has 1 saturated carbocycles. The van der Waals surface area contributed by atoms with Crippen LogP contribution in [0.2, 0.25) is 0 Å². The molecule has 1 aliphatic rings. The lowest BCUT2D eigenvalue weighted by Gasteiger charge is -2.10. The largest absolute Gasteiger partial charge is 0.299 e. The van der Waals surface area contributed by atoms with Crippen molar-refractivity contribution in [1.29, 1.82) is 5.26 Å². The van der Waals surface area contributed by atoms with E-state index in [1.165, 1.54) is 24.0 Å². The molecular formula is C15H20N2S. The van der Waals surface area contributed by atoms with Crippen LogP contribution in [-0.4, -0.2) is 17.8 Å². The molecule has 0 aliphatic heterocycles. The number of rotatable bonds is 7. The van der Waals surface area contributed by atoms with Gasteiger partial charge in [-0.3, -0.25) is 5.32 Å². The fourth-order valence-corrected chi connectivity index (χ4v) is 2.97. The molecule has 0 heterocycles. The van der Waals surface area contributed by atoms with Crippen molar-refractivity contribution in [3.05, 3.63) is 35.4 Å². The Kier molecular flexibility index (Phi) is 5.10. The molecule has 18 heavy (non-hydrogen) atoms. The van der Waals surface area contributed by atoms with E-state index in [0.29, 0.717) is 6.04 Å². The molecule has 2 nitrogen and oxygen atoms in total. The van der Waals surface area contributed by atoms with Crippen LogP contribution < -0.4 is 5.32 Å². The lowest BCUT2D eigenvalue weighted by molar-refractivity contribution is 0.587. The Morgan fingerprint density at radius 1 is 1.44 bits per heavy atom. The van der Waals surface area contributed by atoms with Gasteiger partial charge in [-0.15, -0.1) is 0 Å². The lowest BCUT2D eigenvalue weighted by Crippen LogP contribution is -2.29. The van der Waals surface area contributed by atoms with Gasteiger partial charge in [-0.1, -0.05) is 24.3 Å². The molecule has 1 aromatic rings. The summed E-state index contributed by atoms with van der Waals surface area (Å²) in [6.07, 6.45) is 3.44. The minimum absolute atomic E-state index is 0.0434. The van der Waals surface area contributed by atoms with Gasteiger partial charge >= 0.3 is 0 Å². The summed E-state index contributed by atoms with van der Waals surface area (Å²) in [5, 5.41) is 12.4. The monoisotopic (exact) mass is 260 g/mol. The van der Waals surface area contributed by atoms with Crippen molar-refractivity contribution >= 4 is 11.8 Å². The van der Waals surface area contributed by atoms with Gasteiger partial charge < -0.3 is 0 Å². The number of nitriles is 1. The second kappa shape index (κ2) is 6.82. The summed E-state index contributed by atoms with van der Waals surface area (Å²) in [6.45, 7) is 2.16. The van der Waals surface area contributed by atoms with Crippen LogP contribution in [0.15, 0.2) is 24.3 Å². The van der Waals surface area contributed by atoms with Crippen LogP contribution in [0.1, 0.15) is 30.4 Å². The van der Waals surface area contributed by atoms with Crippen LogP contribution in [0.4, 0.5) is 0 Å². The van der Waals surface area contributed by atoms with Gasteiger partial charge in [0, 0.05) is 11.8 Å². The Labute approximate surface area is 114 Å². The lowest BCUT2D eigenvalue weighted by atomic mass is 10.1. The van der Waals surface area contributed by atoms with Crippen molar-refractivity contribution in [2.45, 2.75) is 44.0 Å². The van der Waals surface area contributed by atoms with Gasteiger partial charge in [0.2, 0.25) is 0 Å². The van der Waals surface area contributed by atoms with E-state index in [0.717, 1.165) is 17.9 Å². The maximum absolute atomic E-state index is 9.04. The molecule has 1 aromatic carbocycles. The molecule has 0 saturated heterocycles. The molecule has 0 amide bonds. The quantitative estimate of drug-likeness (QED) is 0.764. The van der Waals surface area contributed by atoms with E-state index in [-0.39, 0.29) is 6.04 Å². The molecule has 0 spiro atoms. The highest BCUT2D eigenvalue weighted by atomic mass is 32.2. The Morgan fingerprint density at radius 3 is 2.89 bits per heavy atom. The molecule has 1 atom stereocenters. The van der Waals surface area contributed by atoms with Crippen LogP contribution in [-0.2, 0) is 5.75 Å². The Morgan fingerprint density at radius 2 is 2.22 bits per heavy atom. The van der Waals surface area contributed by atoms with Crippen LogP contribution in [0.3, 0.4) is 0 Å². The Balaban J connectivity index is 1.66. The maximum atomic E-state index is 9.04. The molecule has 1 aliphatic carbocycles. The van der Waals surface area contributed by atoms with E-state index >= 15 is 0 Å². The molecule has 1 N–H and O–H groups in total. The van der Waals surface area contributed by atoms with Crippen molar-refractivity contribution in [1.82, 2.24) is 5.32 Å². The highest BCUT2D eigenvalue weighted by Crippen LogP contribution is 2.21. The summed E-state index contributed by atoms with van der Waals surface area (Å²) in [7, 11) is 0. The minimum Gasteiger partial charge on any atom is -0.299 e. The molecule has 3 heteroatoms. The van der Waals surface area contributed by atoms with Crippen LogP contribution >= 0.6 is 11.8 Å². The fraction of sp³-hybridized carbons (Fsp3) is 0.533. The van der Waals surface area contributed by atoms with Crippen molar-refractivity contribution in [2.24, 2.45) is 0 Å². The summed E-state index contributed by atoms with van der Waals surface area (Å²) in [6, 6.07) is 11.5. The Bertz CT molecular complexity index is 421. The third-order valence-corrected chi connectivity index (χ3v) is 4.28. The summed E-state index contributed by atoms with van der Waals surface area (Å²) in [5.74, 6) is 2.10. The number of benzene rings is 1. The average molecular weight is 260 g/mol. The zero-order chi connectivity index (χ0) is 12.8. The molecule has 96 valence electrons. The summed E-state index contributed by atoms with van der Waals surface area (Å²) in [4.78, 5) is 0. The van der Waals surface area contributed by atoms with E-state index in [1.807, 2.05) is 11.8 Å². The number of aryl methyl sites for hydroxylation is 1. The van der Waals surface area contributed by atoms with E-state index in [1.54, 1.807) is 0 Å². The second-order valence-corrected chi connectivity index (χ2v) is 6.00. The van der Waals surface area contributed by atoms with E-state index in [9.17, 15) is 0 Å². The highest BCUT2D eigenvalue weighted by molar-refractivity contribution is 7.98. The zero-order valence-corrected chi connectivity index (χ0v) is 11.7. The van der Waals surface area contributed by atoms with Crippen molar-refractivity contribution in [2.75, 3.05) is 5.75 Å². The van der Waals surface area contributed by atoms with Crippen molar-refractivity contribution < 1.29 is 0 Å². The summed E-state index contributed by atoms with van der Waals surface area (Å²) in [5.41, 5.74) is 2.77. The topological polar surface area (TPSA) is 35.8 Å². The van der Waals surface area contributed by atoms with Gasteiger partial charge in [0.05, 0.1) is 12.1 Å². The van der Waals surface area contributed by atoms with E-state index in [2.05, 4.69) is 42.6 Å². The van der Waals surface area contributed by atoms with Gasteiger partial charge in [0.1, 0.15) is 0 Å². The molecule has 1 unspecified atom stereocenters. The normalized spacial score (nSPS) is 16.2. The molecule has 1 fully saturated rings. The van der Waals surface area contributed by atoms with Gasteiger partial charge in [-0.25, -0.2) is 0 Å². The molecule has 0 bridgehead atoms. The standard InChI is InChI=1S/C15H20N2S/c1-12-4-2-3-5-13(12)11-18-9-8-15(10-16)17-14-6-7-14/h2-5,14-15,17H,6-9,11H2,1H3. The SMILES string of the molecule is Cc1ccccc1CSCCC(C#N)NC1CC1. The predicted molar refractivity (Wildman–Crippen MR) is 77.5 cm³/mol. The first kappa shape index (κ1) is 13.5. The predicted octanol–water partition coefficient (Wildman–Crippen LogP) is 3.26. The molecule has 0 aromatic heterocycles. The van der Waals surface area contributed by atoms with Gasteiger partial charge in [0.15, 0.2) is 0 Å². The molecular weight excluding hydrogens is 240 g/mol. The van der Waals surface area contributed by atoms with Crippen molar-refractivity contribution in [3.8, 4) is 6.07 Å². The minimum atomic E-state index is 0.0434. The van der Waals surface area contributed by atoms with E-state index in [4.69, 9.17) is 5.26 Å². The average Bonchev–Trinajstić information content (AvgIpc) is 3.19. The zero-order valence-electron chi connectivity index (χ0n) is 10.9. The number of hydrogen-bond acceptors (Lipinski definition) is 3. The third kappa shape index (κ3) is 4.36. The number of thioether (sulfide) groups is 1. The van der Waals surface area contributed by atoms with Crippen molar-refractivity contribution in [3.63, 3.8) is 0 Å². The van der Waals surface area contributed by atoms with Crippen LogP contribution in [0.25, 0.3) is 0 Å². The Hall–Kier alpha value is -0.980. The maximum Gasteiger partial charge on any atom is 0.0963 e. The van der Waals surface area contributed by atoms with E-state index < -0.39 is 0 Å². The number of nitrogens with zero attached hydrogens (tertiary/aromatic N) is 1. The van der Waals surface area contributed by atoms with Crippen LogP contribution in [0.5, 0.6) is 0 Å². The van der Waals surface area contributed by atoms with Crippen LogP contribution in [0, 0.1) is 18.3 Å². The third-order valence-electron chi connectivity index (χ3n) is 3.24. The first-order valence-electron chi connectivity index (χ1n) is 6.57. The summed E-state index contributed by atoms with van der Waals surface area (Å²) < 4.78 is 0. The van der Waals surface area contributed by atoms with Gasteiger partial charge in [-0.2, -0.15) is 17.0 Å². The first-order valence-corrected chi connectivity index (χ1v) is 7.73. The van der Waals surface area contributed by atoms with Gasteiger partial charge in [-0.05, 0) is 43.1 Å². The fourth-order valence-electron chi connectivity index (χ4n) is 1.88. The smallest absolute Gasteiger partial charge is 0.0963 e. The number of nitrogens with one attached hydrogen (secondary N) is 1. The first-order chi connectivity index (χ1) is 8.79.